The number of aliphatic carboxylic acids is 1. The van der Waals surface area contributed by atoms with E-state index in [4.69, 9.17) is 10.8 Å². The minimum Gasteiger partial charge on any atom is -0.480 e. The number of aryl methyl sites for hydroxylation is 1. The van der Waals surface area contributed by atoms with Crippen LogP contribution in [-0.4, -0.2) is 27.3 Å². The van der Waals surface area contributed by atoms with Crippen molar-refractivity contribution in [2.24, 2.45) is 5.73 Å². The first-order valence-electron chi connectivity index (χ1n) is 3.95. The lowest BCUT2D eigenvalue weighted by Gasteiger charge is -2.04. The van der Waals surface area contributed by atoms with E-state index in [1.807, 2.05) is 0 Å². The zero-order valence-corrected chi connectivity index (χ0v) is 7.05. The van der Waals surface area contributed by atoms with Gasteiger partial charge >= 0.3 is 5.97 Å². The molecule has 1 aromatic heterocycles. The van der Waals surface area contributed by atoms with Crippen molar-refractivity contribution in [1.82, 2.24) is 10.2 Å². The molecule has 1 rings (SSSR count). The summed E-state index contributed by atoms with van der Waals surface area (Å²) in [6.07, 6.45) is 2.50. The monoisotopic (exact) mass is 181 g/mol. The molecule has 0 aliphatic carbocycles. The number of hydrogen-bond acceptors (Lipinski definition) is 4. The Kier molecular flexibility index (Phi) is 3.33. The van der Waals surface area contributed by atoms with Crippen LogP contribution in [0.5, 0.6) is 0 Å². The van der Waals surface area contributed by atoms with Crippen LogP contribution in [0.4, 0.5) is 0 Å². The highest BCUT2D eigenvalue weighted by Gasteiger charge is 2.10. The lowest BCUT2D eigenvalue weighted by Crippen LogP contribution is -2.30. The van der Waals surface area contributed by atoms with Crippen LogP contribution in [0.1, 0.15) is 12.1 Å². The van der Waals surface area contributed by atoms with E-state index < -0.39 is 12.0 Å². The summed E-state index contributed by atoms with van der Waals surface area (Å²) in [5.41, 5.74) is 6.08. The van der Waals surface area contributed by atoms with Crippen LogP contribution in [0, 0.1) is 0 Å². The van der Waals surface area contributed by atoms with E-state index in [-0.39, 0.29) is 0 Å². The van der Waals surface area contributed by atoms with Crippen LogP contribution < -0.4 is 5.73 Å². The fourth-order valence-corrected chi connectivity index (χ4v) is 0.894. The van der Waals surface area contributed by atoms with E-state index in [9.17, 15) is 4.79 Å². The topological polar surface area (TPSA) is 89.1 Å². The average Bonchev–Trinajstić information content (AvgIpc) is 2.15. The maximum absolute atomic E-state index is 10.4. The Bertz CT molecular complexity index is 276. The molecule has 3 N–H and O–H groups in total. The maximum Gasteiger partial charge on any atom is 0.320 e. The zero-order chi connectivity index (χ0) is 9.68. The number of hydrogen-bond donors (Lipinski definition) is 2. The van der Waals surface area contributed by atoms with Crippen LogP contribution in [0.25, 0.3) is 0 Å². The minimum atomic E-state index is -0.983. The first-order chi connectivity index (χ1) is 6.20. The molecule has 13 heavy (non-hydrogen) atoms. The molecule has 0 amide bonds. The Morgan fingerprint density at radius 3 is 3.00 bits per heavy atom. The zero-order valence-electron chi connectivity index (χ0n) is 7.05. The van der Waals surface area contributed by atoms with Gasteiger partial charge in [-0.2, -0.15) is 10.2 Å². The lowest BCUT2D eigenvalue weighted by atomic mass is 10.1. The quantitative estimate of drug-likeness (QED) is 0.672. The van der Waals surface area contributed by atoms with Gasteiger partial charge in [0.2, 0.25) is 0 Å². The number of carboxylic acid groups (broad SMARTS) is 1. The molecule has 1 aromatic rings. The smallest absolute Gasteiger partial charge is 0.320 e. The second-order valence-corrected chi connectivity index (χ2v) is 2.70. The highest BCUT2D eigenvalue weighted by molar-refractivity contribution is 5.72. The third-order valence-corrected chi connectivity index (χ3v) is 1.66. The van der Waals surface area contributed by atoms with Crippen molar-refractivity contribution in [3.63, 3.8) is 0 Å². The molecule has 0 unspecified atom stereocenters. The normalized spacial score (nSPS) is 12.4. The Balaban J connectivity index is 2.39. The van der Waals surface area contributed by atoms with Gasteiger partial charge in [-0.3, -0.25) is 4.79 Å². The van der Waals surface area contributed by atoms with Crippen molar-refractivity contribution in [3.05, 3.63) is 24.0 Å². The fourth-order valence-electron chi connectivity index (χ4n) is 0.894. The summed E-state index contributed by atoms with van der Waals surface area (Å²) in [6.45, 7) is 0. The Morgan fingerprint density at radius 2 is 2.46 bits per heavy atom. The van der Waals surface area contributed by atoms with Crippen LogP contribution in [0.15, 0.2) is 18.3 Å². The number of carbonyl (C=O) groups is 1. The molecular weight excluding hydrogens is 170 g/mol. The molecule has 1 atom stereocenters. The summed E-state index contributed by atoms with van der Waals surface area (Å²) in [5.74, 6) is -0.983. The number of nitrogens with two attached hydrogens (primary N) is 1. The second-order valence-electron chi connectivity index (χ2n) is 2.70. The third kappa shape index (κ3) is 3.16. The standard InChI is InChI=1S/C8H11N3O2/c9-7(8(12)13)4-3-6-2-1-5-10-11-6/h1-2,5,7H,3-4,9H2,(H,12,13)/t7-/m0/s1. The van der Waals surface area contributed by atoms with Gasteiger partial charge in [-0.15, -0.1) is 0 Å². The fraction of sp³-hybridized carbons (Fsp3) is 0.375. The van der Waals surface area contributed by atoms with Crippen molar-refractivity contribution in [1.29, 1.82) is 0 Å². The highest BCUT2D eigenvalue weighted by Crippen LogP contribution is 1.99. The molecule has 5 nitrogen and oxygen atoms in total. The van der Waals surface area contributed by atoms with Gasteiger partial charge in [-0.05, 0) is 25.0 Å². The van der Waals surface area contributed by atoms with Crippen molar-refractivity contribution in [2.75, 3.05) is 0 Å². The summed E-state index contributed by atoms with van der Waals surface area (Å²) >= 11 is 0. The molecule has 0 saturated carbocycles. The number of rotatable bonds is 4. The SMILES string of the molecule is N[C@@H](CCc1cccnn1)C(=O)O. The van der Waals surface area contributed by atoms with Crippen molar-refractivity contribution >= 4 is 5.97 Å². The summed E-state index contributed by atoms with van der Waals surface area (Å²) in [7, 11) is 0. The molecule has 1 heterocycles. The molecule has 0 fully saturated rings. The summed E-state index contributed by atoms with van der Waals surface area (Å²) in [5, 5.41) is 16.0. The molecule has 0 saturated heterocycles. The molecule has 0 bridgehead atoms. The molecule has 5 heteroatoms. The van der Waals surface area contributed by atoms with E-state index >= 15 is 0 Å². The summed E-state index contributed by atoms with van der Waals surface area (Å²) in [6, 6.07) is 2.73. The predicted molar refractivity (Wildman–Crippen MR) is 46.0 cm³/mol. The van der Waals surface area contributed by atoms with Crippen molar-refractivity contribution in [3.8, 4) is 0 Å². The van der Waals surface area contributed by atoms with Gasteiger partial charge in [0.15, 0.2) is 0 Å². The highest BCUT2D eigenvalue weighted by atomic mass is 16.4. The summed E-state index contributed by atoms with van der Waals surface area (Å²) < 4.78 is 0. The molecule has 0 aliphatic rings. The second kappa shape index (κ2) is 4.51. The number of aromatic nitrogens is 2. The summed E-state index contributed by atoms with van der Waals surface area (Å²) in [4.78, 5) is 10.4. The number of carboxylic acids is 1. The first-order valence-corrected chi connectivity index (χ1v) is 3.95. The maximum atomic E-state index is 10.4. The van der Waals surface area contributed by atoms with Gasteiger partial charge in [0.25, 0.3) is 0 Å². The van der Waals surface area contributed by atoms with Crippen LogP contribution in [-0.2, 0) is 11.2 Å². The van der Waals surface area contributed by atoms with E-state index in [0.717, 1.165) is 5.69 Å². The van der Waals surface area contributed by atoms with Crippen LogP contribution in [0.2, 0.25) is 0 Å². The predicted octanol–water partition coefficient (Wildman–Crippen LogP) is -0.179. The number of nitrogens with zero attached hydrogens (tertiary/aromatic N) is 2. The minimum absolute atomic E-state index is 0.383. The van der Waals surface area contributed by atoms with E-state index in [2.05, 4.69) is 10.2 Å². The molecular formula is C8H11N3O2. The van der Waals surface area contributed by atoms with Gasteiger partial charge in [0.05, 0.1) is 5.69 Å². The van der Waals surface area contributed by atoms with Crippen LogP contribution in [0.3, 0.4) is 0 Å². The van der Waals surface area contributed by atoms with Crippen molar-refractivity contribution < 1.29 is 9.90 Å². The molecule has 70 valence electrons. The van der Waals surface area contributed by atoms with Gasteiger partial charge in [0, 0.05) is 6.20 Å². The molecule has 0 radical (unpaired) electrons. The Hall–Kier alpha value is -1.49. The van der Waals surface area contributed by atoms with E-state index in [1.54, 1.807) is 18.3 Å². The van der Waals surface area contributed by atoms with E-state index in [0.29, 0.717) is 12.8 Å². The third-order valence-electron chi connectivity index (χ3n) is 1.66. The van der Waals surface area contributed by atoms with Gasteiger partial charge in [0.1, 0.15) is 6.04 Å². The van der Waals surface area contributed by atoms with Crippen LogP contribution >= 0.6 is 0 Å². The van der Waals surface area contributed by atoms with Gasteiger partial charge in [-0.1, -0.05) is 0 Å². The molecule has 0 aliphatic heterocycles. The first kappa shape index (κ1) is 9.60. The largest absolute Gasteiger partial charge is 0.480 e. The van der Waals surface area contributed by atoms with Crippen molar-refractivity contribution in [2.45, 2.75) is 18.9 Å². The van der Waals surface area contributed by atoms with E-state index in [1.165, 1.54) is 0 Å². The molecule has 0 spiro atoms. The Labute approximate surface area is 75.6 Å². The van der Waals surface area contributed by atoms with Gasteiger partial charge < -0.3 is 10.8 Å². The average molecular weight is 181 g/mol. The van der Waals surface area contributed by atoms with Gasteiger partial charge in [-0.25, -0.2) is 0 Å². The Morgan fingerprint density at radius 1 is 1.69 bits per heavy atom. The molecule has 0 aromatic carbocycles. The lowest BCUT2D eigenvalue weighted by molar-refractivity contribution is -0.138.